The minimum absolute atomic E-state index is 0.322. The summed E-state index contributed by atoms with van der Waals surface area (Å²) in [6, 6.07) is 36.8. The normalized spacial score (nSPS) is 12.0. The summed E-state index contributed by atoms with van der Waals surface area (Å²) in [6.07, 6.45) is 0. The molecule has 0 aliphatic carbocycles. The molecule has 3 nitrogen and oxygen atoms in total. The van der Waals surface area contributed by atoms with E-state index in [1.807, 2.05) is 0 Å². The molecule has 0 fully saturated rings. The number of rotatable bonds is 5. The van der Waals surface area contributed by atoms with Crippen molar-refractivity contribution in [3.05, 3.63) is 120 Å². The van der Waals surface area contributed by atoms with Gasteiger partial charge in [-0.1, -0.05) is 82.3 Å². The number of para-hydroxylation sites is 2. The zero-order valence-electron chi connectivity index (χ0n) is 24.3. The highest BCUT2D eigenvalue weighted by Crippen LogP contribution is 2.41. The Hall–Kier alpha value is -4.63. The van der Waals surface area contributed by atoms with Gasteiger partial charge in [0.25, 0.3) is 0 Å². The van der Waals surface area contributed by atoms with E-state index in [0.717, 1.165) is 39.0 Å². The average molecular weight is 535 g/mol. The van der Waals surface area contributed by atoms with E-state index in [-0.39, 0.29) is 0 Å². The lowest BCUT2D eigenvalue weighted by Gasteiger charge is -2.24. The van der Waals surface area contributed by atoms with Gasteiger partial charge in [0.2, 0.25) is 0 Å². The van der Waals surface area contributed by atoms with E-state index >= 15 is 0 Å². The van der Waals surface area contributed by atoms with Crippen LogP contribution in [0.25, 0.3) is 61.2 Å². The minimum Gasteiger partial charge on any atom is -0.456 e. The molecule has 0 unspecified atom stereocenters. The van der Waals surface area contributed by atoms with Crippen LogP contribution < -0.4 is 0 Å². The van der Waals surface area contributed by atoms with Crippen molar-refractivity contribution in [1.82, 2.24) is 9.55 Å². The van der Waals surface area contributed by atoms with Crippen LogP contribution in [0, 0.1) is 6.92 Å². The highest BCUT2D eigenvalue weighted by molar-refractivity contribution is 6.08. The number of fused-ring (bicyclic) bond motifs is 4. The Balaban J connectivity index is 1.56. The number of hydrogen-bond acceptors (Lipinski definition) is 2. The summed E-state index contributed by atoms with van der Waals surface area (Å²) in [5.41, 5.74) is 12.6. The first-order valence-electron chi connectivity index (χ1n) is 14.5. The number of hydrogen-bond donors (Lipinski definition) is 0. The summed E-state index contributed by atoms with van der Waals surface area (Å²) < 4.78 is 8.63. The molecule has 2 aromatic heterocycles. The molecule has 7 aromatic rings. The van der Waals surface area contributed by atoms with Gasteiger partial charge in [-0.05, 0) is 95.1 Å². The van der Waals surface area contributed by atoms with Crippen molar-refractivity contribution in [2.24, 2.45) is 0 Å². The summed E-state index contributed by atoms with van der Waals surface area (Å²) in [5.74, 6) is 1.60. The van der Waals surface area contributed by atoms with Crippen molar-refractivity contribution in [3.8, 4) is 28.2 Å². The maximum Gasteiger partial charge on any atom is 0.145 e. The Morgan fingerprint density at radius 3 is 2.07 bits per heavy atom. The fourth-order valence-electron chi connectivity index (χ4n) is 6.20. The van der Waals surface area contributed by atoms with E-state index in [2.05, 4.69) is 142 Å². The lowest BCUT2D eigenvalue weighted by Crippen LogP contribution is -2.09. The molecule has 0 saturated heterocycles. The van der Waals surface area contributed by atoms with E-state index < -0.39 is 0 Å². The van der Waals surface area contributed by atoms with E-state index in [1.54, 1.807) is 0 Å². The van der Waals surface area contributed by atoms with Gasteiger partial charge in [-0.25, -0.2) is 4.98 Å². The first-order valence-corrected chi connectivity index (χ1v) is 14.5. The summed E-state index contributed by atoms with van der Waals surface area (Å²) in [4.78, 5) is 5.27. The Kier molecular flexibility index (Phi) is 6.04. The van der Waals surface area contributed by atoms with Crippen molar-refractivity contribution in [1.29, 1.82) is 0 Å². The number of benzene rings is 5. The standard InChI is InChI=1S/C38H34N2O/c1-23(2)29-21-28(26-13-7-6-8-14-26)22-30(24(3)4)37(29)40-33-16-10-9-15-32(33)39-38(40)27-18-19-34-31(20-27)36-25(5)12-11-17-35(36)41-34/h6-24H,1-5H3. The zero-order chi connectivity index (χ0) is 28.2. The number of furan rings is 1. The average Bonchev–Trinajstić information content (AvgIpc) is 3.55. The van der Waals surface area contributed by atoms with Gasteiger partial charge in [0, 0.05) is 16.3 Å². The molecule has 0 aliphatic rings. The van der Waals surface area contributed by atoms with E-state index in [0.29, 0.717) is 11.8 Å². The first-order chi connectivity index (χ1) is 19.9. The molecule has 3 heteroatoms. The topological polar surface area (TPSA) is 31.0 Å². The van der Waals surface area contributed by atoms with Crippen molar-refractivity contribution in [2.45, 2.75) is 46.5 Å². The lowest BCUT2D eigenvalue weighted by molar-refractivity contribution is 0.669. The molecule has 0 radical (unpaired) electrons. The SMILES string of the molecule is Cc1cccc2oc3ccc(-c4nc5ccccc5n4-c4c(C(C)C)cc(-c5ccccc5)cc4C(C)C)cc3c12. The summed E-state index contributed by atoms with van der Waals surface area (Å²) in [5, 5.41) is 2.30. The second kappa shape index (κ2) is 9.78. The van der Waals surface area contributed by atoms with Gasteiger partial charge in [0.15, 0.2) is 0 Å². The molecule has 0 aliphatic heterocycles. The number of nitrogens with zero attached hydrogens (tertiary/aromatic N) is 2. The monoisotopic (exact) mass is 534 g/mol. The minimum atomic E-state index is 0.322. The Morgan fingerprint density at radius 1 is 0.634 bits per heavy atom. The quantitative estimate of drug-likeness (QED) is 0.220. The van der Waals surface area contributed by atoms with Crippen LogP contribution in [0.2, 0.25) is 0 Å². The Morgan fingerprint density at radius 2 is 1.34 bits per heavy atom. The highest BCUT2D eigenvalue weighted by atomic mass is 16.3. The maximum atomic E-state index is 6.23. The molecule has 7 rings (SSSR count). The summed E-state index contributed by atoms with van der Waals surface area (Å²) in [6.45, 7) is 11.3. The van der Waals surface area contributed by atoms with Gasteiger partial charge in [-0.15, -0.1) is 0 Å². The largest absolute Gasteiger partial charge is 0.456 e. The Bertz CT molecular complexity index is 2030. The van der Waals surface area contributed by atoms with Crippen LogP contribution in [-0.4, -0.2) is 9.55 Å². The zero-order valence-corrected chi connectivity index (χ0v) is 24.3. The molecule has 5 aromatic carbocycles. The predicted octanol–water partition coefficient (Wildman–Crippen LogP) is 10.8. The molecular weight excluding hydrogens is 500 g/mol. The van der Waals surface area contributed by atoms with Crippen molar-refractivity contribution < 1.29 is 4.42 Å². The molecule has 0 atom stereocenters. The van der Waals surface area contributed by atoms with E-state index in [9.17, 15) is 0 Å². The van der Waals surface area contributed by atoms with Gasteiger partial charge < -0.3 is 4.42 Å². The van der Waals surface area contributed by atoms with Crippen molar-refractivity contribution >= 4 is 33.0 Å². The fourth-order valence-corrected chi connectivity index (χ4v) is 6.20. The van der Waals surface area contributed by atoms with Gasteiger partial charge in [-0.2, -0.15) is 0 Å². The summed E-state index contributed by atoms with van der Waals surface area (Å²) in [7, 11) is 0. The second-order valence-corrected chi connectivity index (χ2v) is 11.7. The van der Waals surface area contributed by atoms with E-state index in [1.165, 1.54) is 38.9 Å². The van der Waals surface area contributed by atoms with Crippen molar-refractivity contribution in [2.75, 3.05) is 0 Å². The van der Waals surface area contributed by atoms with Crippen LogP contribution in [0.3, 0.4) is 0 Å². The molecular formula is C38H34N2O. The van der Waals surface area contributed by atoms with Crippen LogP contribution in [-0.2, 0) is 0 Å². The first kappa shape index (κ1) is 25.3. The van der Waals surface area contributed by atoms with Gasteiger partial charge in [0.05, 0.1) is 16.7 Å². The van der Waals surface area contributed by atoms with Crippen LogP contribution >= 0.6 is 0 Å². The highest BCUT2D eigenvalue weighted by Gasteiger charge is 2.24. The van der Waals surface area contributed by atoms with Gasteiger partial charge >= 0.3 is 0 Å². The maximum absolute atomic E-state index is 6.23. The molecule has 202 valence electrons. The second-order valence-electron chi connectivity index (χ2n) is 11.7. The van der Waals surface area contributed by atoms with Crippen LogP contribution in [0.15, 0.2) is 108 Å². The van der Waals surface area contributed by atoms with Crippen LogP contribution in [0.4, 0.5) is 0 Å². The van der Waals surface area contributed by atoms with Gasteiger partial charge in [-0.3, -0.25) is 4.57 Å². The number of aryl methyl sites for hydroxylation is 1. The van der Waals surface area contributed by atoms with Crippen LogP contribution in [0.5, 0.6) is 0 Å². The molecule has 2 heterocycles. The number of imidazole rings is 1. The third kappa shape index (κ3) is 4.15. The van der Waals surface area contributed by atoms with Crippen LogP contribution in [0.1, 0.15) is 56.2 Å². The molecule has 0 spiro atoms. The van der Waals surface area contributed by atoms with Gasteiger partial charge in [0.1, 0.15) is 17.0 Å². The van der Waals surface area contributed by atoms with E-state index in [4.69, 9.17) is 9.40 Å². The Labute approximate surface area is 241 Å². The molecule has 0 bridgehead atoms. The fraction of sp³-hybridized carbons (Fsp3) is 0.184. The number of aromatic nitrogens is 2. The molecule has 41 heavy (non-hydrogen) atoms. The van der Waals surface area contributed by atoms with Crippen molar-refractivity contribution in [3.63, 3.8) is 0 Å². The molecule has 0 amide bonds. The lowest BCUT2D eigenvalue weighted by atomic mass is 9.88. The molecule has 0 N–H and O–H groups in total. The third-order valence-electron chi connectivity index (χ3n) is 8.27. The third-order valence-corrected chi connectivity index (χ3v) is 8.27. The smallest absolute Gasteiger partial charge is 0.145 e. The molecule has 0 saturated carbocycles. The predicted molar refractivity (Wildman–Crippen MR) is 172 cm³/mol. The summed E-state index contributed by atoms with van der Waals surface area (Å²) >= 11 is 0.